The Morgan fingerprint density at radius 2 is 2.22 bits per heavy atom. The van der Waals surface area contributed by atoms with Crippen LogP contribution in [0.15, 0.2) is 24.3 Å². The van der Waals surface area contributed by atoms with Crippen LogP contribution in [0.5, 0.6) is 0 Å². The van der Waals surface area contributed by atoms with E-state index in [9.17, 15) is 4.79 Å². The summed E-state index contributed by atoms with van der Waals surface area (Å²) < 4.78 is 0. The summed E-state index contributed by atoms with van der Waals surface area (Å²) in [5, 5.41) is 4.15. The van der Waals surface area contributed by atoms with E-state index in [1.54, 1.807) is 11.3 Å². The number of nitrogens with zero attached hydrogens (tertiary/aromatic N) is 2. The van der Waals surface area contributed by atoms with E-state index in [1.165, 1.54) is 16.1 Å². The third-order valence-electron chi connectivity index (χ3n) is 4.31. The van der Waals surface area contributed by atoms with Gasteiger partial charge in [-0.05, 0) is 38.3 Å². The molecule has 0 aliphatic carbocycles. The van der Waals surface area contributed by atoms with E-state index >= 15 is 0 Å². The van der Waals surface area contributed by atoms with Gasteiger partial charge in [-0.15, -0.1) is 11.3 Å². The van der Waals surface area contributed by atoms with Crippen LogP contribution < -0.4 is 10.2 Å². The molecule has 1 atom stereocenters. The molecule has 122 valence electrons. The maximum absolute atomic E-state index is 12.5. The number of urea groups is 1. The monoisotopic (exact) mass is 329 g/mol. The Bertz CT molecular complexity index is 710. The predicted molar refractivity (Wildman–Crippen MR) is 95.4 cm³/mol. The lowest BCUT2D eigenvalue weighted by Crippen LogP contribution is -2.43. The van der Waals surface area contributed by atoms with Crippen LogP contribution in [0.25, 0.3) is 0 Å². The largest absolute Gasteiger partial charge is 0.337 e. The van der Waals surface area contributed by atoms with Crippen LogP contribution in [0.2, 0.25) is 0 Å². The minimum absolute atomic E-state index is 0.00792. The fourth-order valence-electron chi connectivity index (χ4n) is 3.16. The average Bonchev–Trinajstić information content (AvgIpc) is 3.05. The summed E-state index contributed by atoms with van der Waals surface area (Å²) >= 11 is 1.74. The van der Waals surface area contributed by atoms with Crippen LogP contribution in [-0.4, -0.2) is 23.6 Å². The molecule has 0 bridgehead atoms. The number of carbonyl (C=O) groups is 1. The number of amides is 2. The van der Waals surface area contributed by atoms with Crippen LogP contribution in [-0.2, 0) is 19.3 Å². The molecule has 0 spiro atoms. The van der Waals surface area contributed by atoms with Gasteiger partial charge in [-0.3, -0.25) is 4.90 Å². The topological polar surface area (TPSA) is 45.2 Å². The first-order chi connectivity index (χ1) is 11.1. The molecule has 1 N–H and O–H groups in total. The highest BCUT2D eigenvalue weighted by atomic mass is 32.1. The van der Waals surface area contributed by atoms with Crippen LogP contribution in [0.4, 0.5) is 10.5 Å². The predicted octanol–water partition coefficient (Wildman–Crippen LogP) is 3.72. The second-order valence-corrected chi connectivity index (χ2v) is 7.29. The zero-order valence-electron chi connectivity index (χ0n) is 13.9. The number of thiazole rings is 1. The molecule has 2 aromatic rings. The lowest BCUT2D eigenvalue weighted by molar-refractivity contribution is 0.245. The summed E-state index contributed by atoms with van der Waals surface area (Å²) in [7, 11) is 0. The summed E-state index contributed by atoms with van der Waals surface area (Å²) in [6.45, 7) is 6.96. The number of rotatable bonds is 4. The molecule has 5 heteroatoms. The van der Waals surface area contributed by atoms with Gasteiger partial charge in [0.05, 0.1) is 10.7 Å². The molecule has 2 amide bonds. The van der Waals surface area contributed by atoms with Gasteiger partial charge in [-0.1, -0.05) is 25.1 Å². The Balaban J connectivity index is 1.59. The number of hydrogen-bond acceptors (Lipinski definition) is 3. The van der Waals surface area contributed by atoms with E-state index in [-0.39, 0.29) is 12.1 Å². The third-order valence-corrected chi connectivity index (χ3v) is 5.39. The molecule has 0 saturated heterocycles. The number of benzene rings is 1. The summed E-state index contributed by atoms with van der Waals surface area (Å²) in [6.07, 6.45) is 2.69. The van der Waals surface area contributed by atoms with Crippen molar-refractivity contribution >= 4 is 23.1 Å². The second-order valence-electron chi connectivity index (χ2n) is 6.00. The number of aryl methyl sites for hydroxylation is 2. The summed E-state index contributed by atoms with van der Waals surface area (Å²) in [5.41, 5.74) is 3.47. The lowest BCUT2D eigenvalue weighted by atomic mass is 10.1. The average molecular weight is 329 g/mol. The van der Waals surface area contributed by atoms with Gasteiger partial charge in [0.15, 0.2) is 0 Å². The Hall–Kier alpha value is -1.88. The quantitative estimate of drug-likeness (QED) is 0.929. The highest BCUT2D eigenvalue weighted by Gasteiger charge is 2.30. The van der Waals surface area contributed by atoms with Crippen molar-refractivity contribution in [2.24, 2.45) is 0 Å². The number of fused-ring (bicyclic) bond motifs is 1. The molecule has 1 aliphatic heterocycles. The fourth-order valence-corrected chi connectivity index (χ4v) is 4.18. The molecule has 3 rings (SSSR count). The van der Waals surface area contributed by atoms with Crippen LogP contribution in [0, 0.1) is 6.92 Å². The van der Waals surface area contributed by atoms with Gasteiger partial charge in [-0.25, -0.2) is 9.78 Å². The van der Waals surface area contributed by atoms with E-state index < -0.39 is 0 Å². The summed E-state index contributed by atoms with van der Waals surface area (Å²) in [5.74, 6) is 0. The molecule has 1 aromatic carbocycles. The first-order valence-corrected chi connectivity index (χ1v) is 9.02. The van der Waals surface area contributed by atoms with Crippen LogP contribution >= 0.6 is 11.3 Å². The third kappa shape index (κ3) is 3.24. The van der Waals surface area contributed by atoms with Gasteiger partial charge >= 0.3 is 6.03 Å². The number of nitrogens with one attached hydrogen (secondary N) is 1. The summed E-state index contributed by atoms with van der Waals surface area (Å²) in [6, 6.07) is 8.35. The van der Waals surface area contributed by atoms with E-state index in [0.717, 1.165) is 30.0 Å². The van der Waals surface area contributed by atoms with Crippen LogP contribution in [0.3, 0.4) is 0 Å². The van der Waals surface area contributed by atoms with E-state index in [2.05, 4.69) is 37.1 Å². The zero-order chi connectivity index (χ0) is 16.4. The number of anilines is 1. The van der Waals surface area contributed by atoms with E-state index in [4.69, 9.17) is 0 Å². The fraction of sp³-hybridized carbons (Fsp3) is 0.444. The summed E-state index contributed by atoms with van der Waals surface area (Å²) in [4.78, 5) is 20.3. The second kappa shape index (κ2) is 6.71. The molecular formula is C18H23N3OS. The molecule has 0 radical (unpaired) electrons. The van der Waals surface area contributed by atoms with Gasteiger partial charge in [0.25, 0.3) is 0 Å². The molecule has 1 aliphatic rings. The van der Waals surface area contributed by atoms with Gasteiger partial charge in [-0.2, -0.15) is 0 Å². The number of para-hydroxylation sites is 1. The highest BCUT2D eigenvalue weighted by Crippen LogP contribution is 2.31. The standard InChI is InChI=1S/C18H23N3OS/c1-4-15-13(3)23-17(20-15)9-10-19-18(22)21-12(2)11-14-7-5-6-8-16(14)21/h5-8,12H,4,9-11H2,1-3H3,(H,19,22). The van der Waals surface area contributed by atoms with Gasteiger partial charge < -0.3 is 5.32 Å². The van der Waals surface area contributed by atoms with Crippen molar-refractivity contribution in [1.29, 1.82) is 0 Å². The van der Waals surface area contributed by atoms with Crippen molar-refractivity contribution < 1.29 is 4.79 Å². The maximum atomic E-state index is 12.5. The van der Waals surface area contributed by atoms with Crippen molar-refractivity contribution in [2.45, 2.75) is 46.1 Å². The molecular weight excluding hydrogens is 306 g/mol. The first kappa shape index (κ1) is 16.0. The first-order valence-electron chi connectivity index (χ1n) is 8.20. The Morgan fingerprint density at radius 3 is 2.96 bits per heavy atom. The normalized spacial score (nSPS) is 16.5. The smallest absolute Gasteiger partial charge is 0.322 e. The molecule has 1 unspecified atom stereocenters. The minimum atomic E-state index is -0.00792. The molecule has 4 nitrogen and oxygen atoms in total. The molecule has 2 heterocycles. The highest BCUT2D eigenvalue weighted by molar-refractivity contribution is 7.11. The van der Waals surface area contributed by atoms with Crippen molar-refractivity contribution in [1.82, 2.24) is 10.3 Å². The van der Waals surface area contributed by atoms with E-state index in [1.807, 2.05) is 23.1 Å². The Morgan fingerprint density at radius 1 is 1.43 bits per heavy atom. The van der Waals surface area contributed by atoms with E-state index in [0.29, 0.717) is 6.54 Å². The van der Waals surface area contributed by atoms with Gasteiger partial charge in [0.2, 0.25) is 0 Å². The van der Waals surface area contributed by atoms with Crippen molar-refractivity contribution in [3.63, 3.8) is 0 Å². The molecule has 1 aromatic heterocycles. The molecule has 0 fully saturated rings. The van der Waals surface area contributed by atoms with Gasteiger partial charge in [0.1, 0.15) is 0 Å². The SMILES string of the molecule is CCc1nc(CCNC(=O)N2c3ccccc3CC2C)sc1C. The Kier molecular flexibility index (Phi) is 4.66. The molecule has 0 saturated carbocycles. The Labute approximate surface area is 141 Å². The zero-order valence-corrected chi connectivity index (χ0v) is 14.7. The van der Waals surface area contributed by atoms with Gasteiger partial charge in [0, 0.05) is 29.6 Å². The van der Waals surface area contributed by atoms with Crippen LogP contribution in [0.1, 0.15) is 35.0 Å². The van der Waals surface area contributed by atoms with Crippen molar-refractivity contribution in [2.75, 3.05) is 11.4 Å². The van der Waals surface area contributed by atoms with Crippen molar-refractivity contribution in [3.8, 4) is 0 Å². The number of hydrogen-bond donors (Lipinski definition) is 1. The minimum Gasteiger partial charge on any atom is -0.337 e. The number of carbonyl (C=O) groups excluding carboxylic acids is 1. The lowest BCUT2D eigenvalue weighted by Gasteiger charge is -2.23. The van der Waals surface area contributed by atoms with Crippen molar-refractivity contribution in [3.05, 3.63) is 45.4 Å². The number of aromatic nitrogens is 1. The maximum Gasteiger partial charge on any atom is 0.322 e. The molecule has 23 heavy (non-hydrogen) atoms.